The van der Waals surface area contributed by atoms with Crippen LogP contribution in [0.4, 0.5) is 5.69 Å². The molecule has 2 N–H and O–H groups in total. The summed E-state index contributed by atoms with van der Waals surface area (Å²) in [7, 11) is 1.66. The van der Waals surface area contributed by atoms with Crippen LogP contribution in [-0.4, -0.2) is 12.1 Å². The summed E-state index contributed by atoms with van der Waals surface area (Å²) in [5.74, 6) is 0.852. The average Bonchev–Trinajstić information content (AvgIpc) is 2.28. The first-order chi connectivity index (χ1) is 7.70. The van der Waals surface area contributed by atoms with Crippen molar-refractivity contribution in [2.45, 2.75) is 6.92 Å². The maximum absolute atomic E-state index is 5.74. The molecule has 3 nitrogen and oxygen atoms in total. The van der Waals surface area contributed by atoms with E-state index in [0.717, 1.165) is 28.3 Å². The van der Waals surface area contributed by atoms with E-state index < -0.39 is 0 Å². The van der Waals surface area contributed by atoms with E-state index in [1.165, 1.54) is 0 Å². The van der Waals surface area contributed by atoms with Crippen LogP contribution in [0, 0.1) is 6.92 Å². The summed E-state index contributed by atoms with van der Waals surface area (Å²) in [6.07, 6.45) is 1.72. The second kappa shape index (κ2) is 4.23. The standard InChI is InChI=1S/C13H14N2O/c1-9-7-11(16-2)3-4-12(9)13-8-10(14)5-6-15-13/h3-8H,1-2H3,(H2,14,15). The van der Waals surface area contributed by atoms with Gasteiger partial charge in [-0.25, -0.2) is 0 Å². The topological polar surface area (TPSA) is 48.1 Å². The minimum atomic E-state index is 0.722. The fraction of sp³-hybridized carbons (Fsp3) is 0.154. The van der Waals surface area contributed by atoms with Crippen LogP contribution in [0.25, 0.3) is 11.3 Å². The molecule has 0 bridgehead atoms. The van der Waals surface area contributed by atoms with Gasteiger partial charge < -0.3 is 10.5 Å². The zero-order valence-electron chi connectivity index (χ0n) is 9.40. The molecule has 2 aromatic rings. The number of nitrogen functional groups attached to an aromatic ring is 1. The number of methoxy groups -OCH3 is 1. The van der Waals surface area contributed by atoms with Gasteiger partial charge in [0.2, 0.25) is 0 Å². The summed E-state index contributed by atoms with van der Waals surface area (Å²) < 4.78 is 5.16. The van der Waals surface area contributed by atoms with Gasteiger partial charge in [0.15, 0.2) is 0 Å². The number of ether oxygens (including phenoxy) is 1. The Balaban J connectivity index is 2.48. The van der Waals surface area contributed by atoms with E-state index in [4.69, 9.17) is 10.5 Å². The van der Waals surface area contributed by atoms with Gasteiger partial charge in [0, 0.05) is 17.4 Å². The summed E-state index contributed by atoms with van der Waals surface area (Å²) in [4.78, 5) is 4.31. The van der Waals surface area contributed by atoms with Crippen molar-refractivity contribution in [2.75, 3.05) is 12.8 Å². The van der Waals surface area contributed by atoms with Crippen molar-refractivity contribution in [1.29, 1.82) is 0 Å². The molecular weight excluding hydrogens is 200 g/mol. The summed E-state index contributed by atoms with van der Waals surface area (Å²) in [5.41, 5.74) is 9.55. The Hall–Kier alpha value is -2.03. The molecule has 1 aromatic carbocycles. The normalized spacial score (nSPS) is 10.1. The maximum atomic E-state index is 5.74. The molecule has 0 unspecified atom stereocenters. The third-order valence-electron chi connectivity index (χ3n) is 2.49. The van der Waals surface area contributed by atoms with Crippen LogP contribution in [0.15, 0.2) is 36.5 Å². The van der Waals surface area contributed by atoms with Crippen molar-refractivity contribution < 1.29 is 4.74 Å². The van der Waals surface area contributed by atoms with E-state index in [9.17, 15) is 0 Å². The SMILES string of the molecule is COc1ccc(-c2cc(N)ccn2)c(C)c1. The third-order valence-corrected chi connectivity index (χ3v) is 2.49. The van der Waals surface area contributed by atoms with E-state index in [0.29, 0.717) is 0 Å². The fourth-order valence-corrected chi connectivity index (χ4v) is 1.64. The van der Waals surface area contributed by atoms with E-state index in [1.807, 2.05) is 31.2 Å². The number of nitrogens with two attached hydrogens (primary N) is 1. The fourth-order valence-electron chi connectivity index (χ4n) is 1.64. The molecule has 0 aliphatic carbocycles. The van der Waals surface area contributed by atoms with Crippen molar-refractivity contribution >= 4 is 5.69 Å². The smallest absolute Gasteiger partial charge is 0.119 e. The Kier molecular flexibility index (Phi) is 2.77. The molecule has 2 rings (SSSR count). The van der Waals surface area contributed by atoms with Crippen LogP contribution in [0.2, 0.25) is 0 Å². The Bertz CT molecular complexity index is 509. The highest BCUT2D eigenvalue weighted by atomic mass is 16.5. The highest BCUT2D eigenvalue weighted by molar-refractivity contribution is 5.67. The lowest BCUT2D eigenvalue weighted by molar-refractivity contribution is 0.414. The lowest BCUT2D eigenvalue weighted by Gasteiger charge is -2.07. The molecule has 0 atom stereocenters. The number of aromatic nitrogens is 1. The number of hydrogen-bond acceptors (Lipinski definition) is 3. The van der Waals surface area contributed by atoms with Gasteiger partial charge in [-0.1, -0.05) is 0 Å². The van der Waals surface area contributed by atoms with E-state index in [-0.39, 0.29) is 0 Å². The number of pyridine rings is 1. The van der Waals surface area contributed by atoms with Gasteiger partial charge in [-0.05, 0) is 42.8 Å². The zero-order chi connectivity index (χ0) is 11.5. The first kappa shape index (κ1) is 10.5. The largest absolute Gasteiger partial charge is 0.497 e. The number of hydrogen-bond donors (Lipinski definition) is 1. The number of aryl methyl sites for hydroxylation is 1. The lowest BCUT2D eigenvalue weighted by Crippen LogP contribution is -1.91. The van der Waals surface area contributed by atoms with Crippen LogP contribution >= 0.6 is 0 Å². The van der Waals surface area contributed by atoms with Crippen molar-refractivity contribution in [3.63, 3.8) is 0 Å². The lowest BCUT2D eigenvalue weighted by atomic mass is 10.0. The number of rotatable bonds is 2. The molecule has 0 fully saturated rings. The van der Waals surface area contributed by atoms with Gasteiger partial charge >= 0.3 is 0 Å². The first-order valence-electron chi connectivity index (χ1n) is 5.07. The van der Waals surface area contributed by atoms with Crippen LogP contribution in [0.5, 0.6) is 5.75 Å². The predicted molar refractivity (Wildman–Crippen MR) is 65.4 cm³/mol. The quantitative estimate of drug-likeness (QED) is 0.836. The minimum absolute atomic E-state index is 0.722. The monoisotopic (exact) mass is 214 g/mol. The van der Waals surface area contributed by atoms with Crippen molar-refractivity contribution in [3.05, 3.63) is 42.1 Å². The molecule has 16 heavy (non-hydrogen) atoms. The molecule has 0 radical (unpaired) electrons. The summed E-state index contributed by atoms with van der Waals surface area (Å²) in [5, 5.41) is 0. The molecule has 0 aliphatic rings. The van der Waals surface area contributed by atoms with Crippen molar-refractivity contribution in [2.24, 2.45) is 0 Å². The third kappa shape index (κ3) is 1.98. The summed E-state index contributed by atoms with van der Waals surface area (Å²) in [6, 6.07) is 9.56. The van der Waals surface area contributed by atoms with Crippen LogP contribution in [0.1, 0.15) is 5.56 Å². The predicted octanol–water partition coefficient (Wildman–Crippen LogP) is 2.65. The van der Waals surface area contributed by atoms with Gasteiger partial charge in [0.25, 0.3) is 0 Å². The molecule has 0 saturated carbocycles. The Morgan fingerprint density at radius 2 is 2.00 bits per heavy atom. The number of nitrogens with zero attached hydrogens (tertiary/aromatic N) is 1. The van der Waals surface area contributed by atoms with Crippen LogP contribution in [0.3, 0.4) is 0 Å². The average molecular weight is 214 g/mol. The highest BCUT2D eigenvalue weighted by Crippen LogP contribution is 2.26. The van der Waals surface area contributed by atoms with Crippen LogP contribution in [-0.2, 0) is 0 Å². The highest BCUT2D eigenvalue weighted by Gasteiger charge is 2.04. The van der Waals surface area contributed by atoms with Gasteiger partial charge in [-0.3, -0.25) is 4.98 Å². The summed E-state index contributed by atoms with van der Waals surface area (Å²) in [6.45, 7) is 2.03. The van der Waals surface area contributed by atoms with Gasteiger partial charge in [-0.2, -0.15) is 0 Å². The molecule has 3 heteroatoms. The second-order valence-electron chi connectivity index (χ2n) is 3.66. The molecule has 82 valence electrons. The van der Waals surface area contributed by atoms with E-state index in [1.54, 1.807) is 19.4 Å². The Morgan fingerprint density at radius 3 is 2.62 bits per heavy atom. The molecule has 0 aliphatic heterocycles. The second-order valence-corrected chi connectivity index (χ2v) is 3.66. The van der Waals surface area contributed by atoms with E-state index >= 15 is 0 Å². The summed E-state index contributed by atoms with van der Waals surface area (Å²) >= 11 is 0. The molecule has 0 saturated heterocycles. The van der Waals surface area contributed by atoms with Crippen molar-refractivity contribution in [1.82, 2.24) is 4.98 Å². The van der Waals surface area contributed by atoms with Gasteiger partial charge in [-0.15, -0.1) is 0 Å². The molecular formula is C13H14N2O. The number of anilines is 1. The Morgan fingerprint density at radius 1 is 1.19 bits per heavy atom. The maximum Gasteiger partial charge on any atom is 0.119 e. The first-order valence-corrected chi connectivity index (χ1v) is 5.07. The van der Waals surface area contributed by atoms with Crippen molar-refractivity contribution in [3.8, 4) is 17.0 Å². The van der Waals surface area contributed by atoms with Gasteiger partial charge in [0.05, 0.1) is 12.8 Å². The molecule has 0 amide bonds. The molecule has 1 heterocycles. The minimum Gasteiger partial charge on any atom is -0.497 e. The van der Waals surface area contributed by atoms with E-state index in [2.05, 4.69) is 4.98 Å². The molecule has 0 spiro atoms. The Labute approximate surface area is 94.9 Å². The zero-order valence-corrected chi connectivity index (χ0v) is 9.40. The molecule has 1 aromatic heterocycles. The van der Waals surface area contributed by atoms with Gasteiger partial charge in [0.1, 0.15) is 5.75 Å². The number of benzene rings is 1. The van der Waals surface area contributed by atoms with Crippen LogP contribution < -0.4 is 10.5 Å².